The Labute approximate surface area is 130 Å². The maximum atomic E-state index is 11.9. The van der Waals surface area contributed by atoms with Crippen LogP contribution in [0.3, 0.4) is 0 Å². The van der Waals surface area contributed by atoms with Gasteiger partial charge in [0.2, 0.25) is 0 Å². The molecule has 1 atom stereocenters. The summed E-state index contributed by atoms with van der Waals surface area (Å²) < 4.78 is 17.4. The molecule has 1 unspecified atom stereocenters. The minimum atomic E-state index is -2.97. The van der Waals surface area contributed by atoms with Gasteiger partial charge in [-0.25, -0.2) is 0 Å². The summed E-state index contributed by atoms with van der Waals surface area (Å²) in [6, 6.07) is 0. The molecule has 20 heavy (non-hydrogen) atoms. The third-order valence-electron chi connectivity index (χ3n) is 3.11. The average Bonchev–Trinajstić information content (AvgIpc) is 2.39. The van der Waals surface area contributed by atoms with Crippen LogP contribution in [-0.2, 0) is 18.1 Å². The van der Waals surface area contributed by atoms with Gasteiger partial charge in [-0.3, -0.25) is 4.79 Å². The summed E-state index contributed by atoms with van der Waals surface area (Å²) >= 11 is 4.05. The lowest BCUT2D eigenvalue weighted by Crippen LogP contribution is -2.52. The lowest BCUT2D eigenvalue weighted by Gasteiger charge is -2.33. The van der Waals surface area contributed by atoms with Crippen LogP contribution < -0.4 is 0 Å². The number of unbranched alkanes of at least 4 members (excludes halogenated alkanes) is 3. The summed E-state index contributed by atoms with van der Waals surface area (Å²) in [5.74, 6) is 0. The molecule has 0 amide bonds. The minimum Gasteiger partial charge on any atom is -0.373 e. The van der Waals surface area contributed by atoms with Crippen LogP contribution in [0.1, 0.15) is 59.8 Å². The van der Waals surface area contributed by atoms with Crippen molar-refractivity contribution >= 4 is 26.5 Å². The zero-order valence-electron chi connectivity index (χ0n) is 13.3. The number of carbonyl (C=O) groups excluding carboxylic acids is 1. The van der Waals surface area contributed by atoms with Crippen LogP contribution in [0.25, 0.3) is 0 Å². The number of rotatable bonds is 13. The normalized spacial score (nSPS) is 13.4. The van der Waals surface area contributed by atoms with Crippen molar-refractivity contribution in [1.29, 1.82) is 0 Å². The van der Waals surface area contributed by atoms with Gasteiger partial charge in [-0.1, -0.05) is 32.6 Å². The Morgan fingerprint density at radius 1 is 0.950 bits per heavy atom. The molecule has 0 aliphatic heterocycles. The molecule has 0 spiro atoms. The molecule has 0 radical (unpaired) electrons. The molecule has 0 rings (SSSR count). The number of thiol groups is 1. The lowest BCUT2D eigenvalue weighted by molar-refractivity contribution is -0.112. The molecular formula is C14H30O4SSi. The van der Waals surface area contributed by atoms with Gasteiger partial charge in [-0.2, -0.15) is 0 Å². The van der Waals surface area contributed by atoms with E-state index in [0.717, 1.165) is 19.3 Å². The Kier molecular flexibility index (Phi) is 11.8. The van der Waals surface area contributed by atoms with Gasteiger partial charge in [0.25, 0.3) is 0 Å². The van der Waals surface area contributed by atoms with Gasteiger partial charge < -0.3 is 13.3 Å². The van der Waals surface area contributed by atoms with Crippen molar-refractivity contribution in [2.24, 2.45) is 0 Å². The Hall–Kier alpha value is 0.117. The standard InChI is InChI=1S/C14H30O4SSi/c1-5-9-10-11-12-13(14(15)19)20(16-6-2,17-7-3)18-8-4/h13H,5-12H2,1-4H3,(H,15,19). The summed E-state index contributed by atoms with van der Waals surface area (Å²) in [6.45, 7) is 9.32. The van der Waals surface area contributed by atoms with Crippen LogP contribution in [-0.4, -0.2) is 33.7 Å². The minimum absolute atomic E-state index is 0.177. The van der Waals surface area contributed by atoms with Gasteiger partial charge in [0, 0.05) is 19.8 Å². The van der Waals surface area contributed by atoms with E-state index in [0.29, 0.717) is 19.8 Å². The van der Waals surface area contributed by atoms with Gasteiger partial charge >= 0.3 is 8.80 Å². The van der Waals surface area contributed by atoms with Crippen molar-refractivity contribution in [3.63, 3.8) is 0 Å². The van der Waals surface area contributed by atoms with Crippen LogP contribution in [0.5, 0.6) is 0 Å². The van der Waals surface area contributed by atoms with Crippen LogP contribution >= 0.6 is 12.6 Å². The third-order valence-corrected chi connectivity index (χ3v) is 7.14. The van der Waals surface area contributed by atoms with Crippen LogP contribution in [0.4, 0.5) is 0 Å². The van der Waals surface area contributed by atoms with Crippen LogP contribution in [0.2, 0.25) is 5.54 Å². The summed E-state index contributed by atoms with van der Waals surface area (Å²) in [5.41, 5.74) is -0.359. The molecule has 120 valence electrons. The van der Waals surface area contributed by atoms with E-state index in [-0.39, 0.29) is 10.7 Å². The second-order valence-electron chi connectivity index (χ2n) is 4.64. The molecule has 4 nitrogen and oxygen atoms in total. The second-order valence-corrected chi connectivity index (χ2v) is 7.85. The Bertz CT molecular complexity index is 247. The first-order valence-electron chi connectivity index (χ1n) is 7.72. The molecule has 0 aromatic carbocycles. The smallest absolute Gasteiger partial charge is 0.373 e. The zero-order chi connectivity index (χ0) is 15.4. The molecule has 0 aliphatic rings. The van der Waals surface area contributed by atoms with E-state index >= 15 is 0 Å². The molecular weight excluding hydrogens is 292 g/mol. The van der Waals surface area contributed by atoms with Crippen molar-refractivity contribution in [2.45, 2.75) is 65.3 Å². The van der Waals surface area contributed by atoms with E-state index in [1.54, 1.807) is 0 Å². The van der Waals surface area contributed by atoms with Crippen LogP contribution in [0.15, 0.2) is 0 Å². The average molecular weight is 323 g/mol. The molecule has 0 bridgehead atoms. The zero-order valence-corrected chi connectivity index (χ0v) is 15.2. The topological polar surface area (TPSA) is 44.8 Å². The van der Waals surface area contributed by atoms with Gasteiger partial charge in [-0.15, -0.1) is 12.6 Å². The molecule has 0 saturated carbocycles. The summed E-state index contributed by atoms with van der Waals surface area (Å²) in [4.78, 5) is 11.9. The van der Waals surface area contributed by atoms with Gasteiger partial charge in [0.15, 0.2) is 5.12 Å². The first kappa shape index (κ1) is 20.1. The molecule has 0 aromatic heterocycles. The highest BCUT2D eigenvalue weighted by Crippen LogP contribution is 2.33. The molecule has 0 saturated heterocycles. The SMILES string of the molecule is CCCCCCC(C(=O)S)[Si](OCC)(OCC)OCC. The van der Waals surface area contributed by atoms with Crippen LogP contribution in [0, 0.1) is 0 Å². The predicted molar refractivity (Wildman–Crippen MR) is 87.1 cm³/mol. The van der Waals surface area contributed by atoms with E-state index in [4.69, 9.17) is 13.3 Å². The highest BCUT2D eigenvalue weighted by molar-refractivity contribution is 7.97. The van der Waals surface area contributed by atoms with Crippen molar-refractivity contribution in [3.8, 4) is 0 Å². The van der Waals surface area contributed by atoms with Crippen molar-refractivity contribution < 1.29 is 18.1 Å². The summed E-state index contributed by atoms with van der Waals surface area (Å²) in [5, 5.41) is -0.177. The number of carbonyl (C=O) groups is 1. The molecule has 0 fully saturated rings. The molecule has 0 aliphatic carbocycles. The van der Waals surface area contributed by atoms with E-state index < -0.39 is 8.80 Å². The van der Waals surface area contributed by atoms with Gasteiger partial charge in [0.1, 0.15) is 0 Å². The predicted octanol–water partition coefficient (Wildman–Crippen LogP) is 3.83. The highest BCUT2D eigenvalue weighted by Gasteiger charge is 2.51. The molecule has 0 heterocycles. The molecule has 6 heteroatoms. The first-order valence-corrected chi connectivity index (χ1v) is 9.97. The highest BCUT2D eigenvalue weighted by atomic mass is 32.1. The fraction of sp³-hybridized carbons (Fsp3) is 0.929. The lowest BCUT2D eigenvalue weighted by atomic mass is 10.1. The maximum absolute atomic E-state index is 11.9. The largest absolute Gasteiger partial charge is 0.512 e. The summed E-state index contributed by atoms with van der Waals surface area (Å²) in [6.07, 6.45) is 5.18. The van der Waals surface area contributed by atoms with Gasteiger partial charge in [0.05, 0.1) is 5.54 Å². The Morgan fingerprint density at radius 3 is 1.80 bits per heavy atom. The monoisotopic (exact) mass is 322 g/mol. The Morgan fingerprint density at radius 2 is 1.45 bits per heavy atom. The number of hydrogen-bond acceptors (Lipinski definition) is 4. The third kappa shape index (κ3) is 6.71. The fourth-order valence-corrected chi connectivity index (χ4v) is 5.78. The molecule has 0 aromatic rings. The first-order chi connectivity index (χ1) is 9.57. The quantitative estimate of drug-likeness (QED) is 0.318. The van der Waals surface area contributed by atoms with Crippen molar-refractivity contribution in [3.05, 3.63) is 0 Å². The summed E-state index contributed by atoms with van der Waals surface area (Å²) in [7, 11) is -2.97. The van der Waals surface area contributed by atoms with Crippen molar-refractivity contribution in [2.75, 3.05) is 19.8 Å². The maximum Gasteiger partial charge on any atom is 0.512 e. The second kappa shape index (κ2) is 11.7. The van der Waals surface area contributed by atoms with E-state index in [9.17, 15) is 4.79 Å². The van der Waals surface area contributed by atoms with Crippen molar-refractivity contribution in [1.82, 2.24) is 0 Å². The van der Waals surface area contributed by atoms with E-state index in [1.807, 2.05) is 20.8 Å². The van der Waals surface area contributed by atoms with E-state index in [2.05, 4.69) is 19.6 Å². The molecule has 0 N–H and O–H groups in total. The Balaban J connectivity index is 4.92. The van der Waals surface area contributed by atoms with Gasteiger partial charge in [-0.05, 0) is 27.2 Å². The number of hydrogen-bond donors (Lipinski definition) is 1. The fourth-order valence-electron chi connectivity index (χ4n) is 2.26. The van der Waals surface area contributed by atoms with E-state index in [1.165, 1.54) is 12.8 Å².